The van der Waals surface area contributed by atoms with E-state index < -0.39 is 11.6 Å². The molecule has 0 aliphatic carbocycles. The Kier molecular flexibility index (Phi) is 4.00. The van der Waals surface area contributed by atoms with Gasteiger partial charge < -0.3 is 20.1 Å². The van der Waals surface area contributed by atoms with Gasteiger partial charge in [-0.25, -0.2) is 13.8 Å². The van der Waals surface area contributed by atoms with E-state index in [9.17, 15) is 8.78 Å². The van der Waals surface area contributed by atoms with Gasteiger partial charge in [-0.2, -0.15) is 4.98 Å². The van der Waals surface area contributed by atoms with Gasteiger partial charge in [0.05, 0.1) is 5.69 Å². The predicted octanol–water partition coefficient (Wildman–Crippen LogP) is 4.28. The molecule has 2 aromatic carbocycles. The lowest BCUT2D eigenvalue weighted by atomic mass is 10.2. The Hall–Kier alpha value is -3.42. The molecular formula is C18H14F2N4O2. The van der Waals surface area contributed by atoms with Crippen molar-refractivity contribution >= 4 is 23.1 Å². The highest BCUT2D eigenvalue weighted by Crippen LogP contribution is 2.35. The van der Waals surface area contributed by atoms with E-state index in [-0.39, 0.29) is 18.4 Å². The van der Waals surface area contributed by atoms with Crippen molar-refractivity contribution in [3.63, 3.8) is 0 Å². The van der Waals surface area contributed by atoms with Gasteiger partial charge in [-0.05, 0) is 31.2 Å². The smallest absolute Gasteiger partial charge is 0.231 e. The Bertz CT molecular complexity index is 981. The third-order valence-corrected chi connectivity index (χ3v) is 3.68. The molecule has 0 bridgehead atoms. The average Bonchev–Trinajstić information content (AvgIpc) is 3.05. The Labute approximate surface area is 147 Å². The van der Waals surface area contributed by atoms with Crippen molar-refractivity contribution in [2.24, 2.45) is 0 Å². The highest BCUT2D eigenvalue weighted by molar-refractivity contribution is 5.63. The molecule has 0 saturated carbocycles. The highest BCUT2D eigenvalue weighted by atomic mass is 19.1. The average molecular weight is 356 g/mol. The first-order chi connectivity index (χ1) is 12.6. The molecule has 3 aromatic rings. The minimum Gasteiger partial charge on any atom is -0.454 e. The summed E-state index contributed by atoms with van der Waals surface area (Å²) in [5, 5.41) is 5.90. The zero-order valence-corrected chi connectivity index (χ0v) is 13.7. The van der Waals surface area contributed by atoms with Crippen LogP contribution in [0.5, 0.6) is 11.5 Å². The molecule has 2 N–H and O–H groups in total. The molecule has 132 valence electrons. The first kappa shape index (κ1) is 16.1. The van der Waals surface area contributed by atoms with Gasteiger partial charge in [0.1, 0.15) is 17.5 Å². The topological polar surface area (TPSA) is 68.3 Å². The van der Waals surface area contributed by atoms with Gasteiger partial charge in [0.25, 0.3) is 0 Å². The maximum Gasteiger partial charge on any atom is 0.231 e. The summed E-state index contributed by atoms with van der Waals surface area (Å²) in [6, 6.07) is 10.4. The van der Waals surface area contributed by atoms with E-state index in [1.807, 2.05) is 6.07 Å². The second-order valence-electron chi connectivity index (χ2n) is 5.66. The van der Waals surface area contributed by atoms with Crippen LogP contribution in [-0.4, -0.2) is 16.8 Å². The van der Waals surface area contributed by atoms with E-state index in [0.29, 0.717) is 23.0 Å². The van der Waals surface area contributed by atoms with Crippen LogP contribution < -0.4 is 20.1 Å². The number of anilines is 4. The molecule has 0 atom stereocenters. The zero-order valence-electron chi connectivity index (χ0n) is 13.7. The summed E-state index contributed by atoms with van der Waals surface area (Å²) in [4.78, 5) is 8.54. The molecule has 0 amide bonds. The van der Waals surface area contributed by atoms with Crippen molar-refractivity contribution in [2.75, 3.05) is 17.4 Å². The molecule has 6 nitrogen and oxygen atoms in total. The number of rotatable bonds is 4. The molecule has 2 heterocycles. The van der Waals surface area contributed by atoms with E-state index in [1.165, 1.54) is 6.07 Å². The molecule has 26 heavy (non-hydrogen) atoms. The standard InChI is InChI=1S/C18H14F2N4O2/c1-10-6-17(22-12-3-5-15-16(8-12)26-9-25-15)24-18(21-10)23-14-4-2-11(19)7-13(14)20/h2-8H,9H2,1H3,(H2,21,22,23,24). The zero-order chi connectivity index (χ0) is 18.1. The van der Waals surface area contributed by atoms with Crippen LogP contribution in [0, 0.1) is 18.6 Å². The van der Waals surface area contributed by atoms with E-state index in [0.717, 1.165) is 17.8 Å². The first-order valence-electron chi connectivity index (χ1n) is 7.81. The van der Waals surface area contributed by atoms with Gasteiger partial charge in [0.2, 0.25) is 12.7 Å². The highest BCUT2D eigenvalue weighted by Gasteiger charge is 2.14. The summed E-state index contributed by atoms with van der Waals surface area (Å²) in [7, 11) is 0. The number of ether oxygens (including phenoxy) is 2. The molecule has 4 rings (SSSR count). The molecule has 1 aliphatic heterocycles. The van der Waals surface area contributed by atoms with Gasteiger partial charge in [-0.15, -0.1) is 0 Å². The third kappa shape index (κ3) is 3.34. The molecule has 0 saturated heterocycles. The van der Waals surface area contributed by atoms with Crippen molar-refractivity contribution in [3.8, 4) is 11.5 Å². The summed E-state index contributed by atoms with van der Waals surface area (Å²) < 4.78 is 37.5. The summed E-state index contributed by atoms with van der Waals surface area (Å²) >= 11 is 0. The Balaban J connectivity index is 1.58. The molecule has 0 unspecified atom stereocenters. The number of nitrogens with zero attached hydrogens (tertiary/aromatic N) is 2. The number of halogens is 2. The quantitative estimate of drug-likeness (QED) is 0.727. The van der Waals surface area contributed by atoms with E-state index >= 15 is 0 Å². The lowest BCUT2D eigenvalue weighted by Gasteiger charge is -2.11. The van der Waals surface area contributed by atoms with Gasteiger partial charge in [-0.1, -0.05) is 0 Å². The first-order valence-corrected chi connectivity index (χ1v) is 7.81. The number of aromatic nitrogens is 2. The fraction of sp³-hybridized carbons (Fsp3) is 0.111. The fourth-order valence-electron chi connectivity index (χ4n) is 2.52. The number of hydrogen-bond donors (Lipinski definition) is 2. The number of fused-ring (bicyclic) bond motifs is 1. The van der Waals surface area contributed by atoms with Crippen LogP contribution in [0.1, 0.15) is 5.69 Å². The Morgan fingerprint density at radius 3 is 2.62 bits per heavy atom. The van der Waals surface area contributed by atoms with Crippen LogP contribution in [0.2, 0.25) is 0 Å². The van der Waals surface area contributed by atoms with Crippen molar-refractivity contribution in [1.29, 1.82) is 0 Å². The van der Waals surface area contributed by atoms with Crippen LogP contribution in [-0.2, 0) is 0 Å². The fourth-order valence-corrected chi connectivity index (χ4v) is 2.52. The second-order valence-corrected chi connectivity index (χ2v) is 5.66. The number of aryl methyl sites for hydroxylation is 1. The molecule has 1 aromatic heterocycles. The molecule has 1 aliphatic rings. The number of hydrogen-bond acceptors (Lipinski definition) is 6. The Morgan fingerprint density at radius 1 is 0.923 bits per heavy atom. The maximum absolute atomic E-state index is 13.8. The molecular weight excluding hydrogens is 342 g/mol. The van der Waals surface area contributed by atoms with Crippen molar-refractivity contribution in [2.45, 2.75) is 6.92 Å². The van der Waals surface area contributed by atoms with Gasteiger partial charge >= 0.3 is 0 Å². The minimum atomic E-state index is -0.722. The van der Waals surface area contributed by atoms with Crippen LogP contribution in [0.3, 0.4) is 0 Å². The maximum atomic E-state index is 13.8. The van der Waals surface area contributed by atoms with Crippen LogP contribution >= 0.6 is 0 Å². The van der Waals surface area contributed by atoms with Gasteiger partial charge in [0, 0.05) is 29.6 Å². The third-order valence-electron chi connectivity index (χ3n) is 3.68. The molecule has 0 radical (unpaired) electrons. The Morgan fingerprint density at radius 2 is 1.77 bits per heavy atom. The summed E-state index contributed by atoms with van der Waals surface area (Å²) in [6.45, 7) is 1.99. The van der Waals surface area contributed by atoms with Crippen LogP contribution in [0.25, 0.3) is 0 Å². The normalized spacial score (nSPS) is 12.1. The largest absolute Gasteiger partial charge is 0.454 e. The van der Waals surface area contributed by atoms with Gasteiger partial charge in [-0.3, -0.25) is 0 Å². The SMILES string of the molecule is Cc1cc(Nc2ccc3c(c2)OCO3)nc(Nc2ccc(F)cc2F)n1. The molecule has 0 fully saturated rings. The minimum absolute atomic E-state index is 0.0889. The van der Waals surface area contributed by atoms with E-state index in [1.54, 1.807) is 25.1 Å². The number of nitrogens with one attached hydrogen (secondary N) is 2. The van der Waals surface area contributed by atoms with Crippen molar-refractivity contribution < 1.29 is 18.3 Å². The van der Waals surface area contributed by atoms with Crippen molar-refractivity contribution in [1.82, 2.24) is 9.97 Å². The van der Waals surface area contributed by atoms with Crippen LogP contribution in [0.4, 0.5) is 31.9 Å². The predicted molar refractivity (Wildman–Crippen MR) is 92.3 cm³/mol. The van der Waals surface area contributed by atoms with E-state index in [2.05, 4.69) is 20.6 Å². The lowest BCUT2D eigenvalue weighted by molar-refractivity contribution is 0.174. The summed E-state index contributed by atoms with van der Waals surface area (Å²) in [6.07, 6.45) is 0. The van der Waals surface area contributed by atoms with Gasteiger partial charge in [0.15, 0.2) is 11.5 Å². The summed E-state index contributed by atoms with van der Waals surface area (Å²) in [5.74, 6) is 0.667. The molecule has 8 heteroatoms. The summed E-state index contributed by atoms with van der Waals surface area (Å²) in [5.41, 5.74) is 1.52. The van der Waals surface area contributed by atoms with Crippen LogP contribution in [0.15, 0.2) is 42.5 Å². The monoisotopic (exact) mass is 356 g/mol. The van der Waals surface area contributed by atoms with E-state index in [4.69, 9.17) is 9.47 Å². The second kappa shape index (κ2) is 6.47. The number of benzene rings is 2. The lowest BCUT2D eigenvalue weighted by Crippen LogP contribution is -2.03. The molecule has 0 spiro atoms. The van der Waals surface area contributed by atoms with Crippen molar-refractivity contribution in [3.05, 3.63) is 59.8 Å².